The van der Waals surface area contributed by atoms with Crippen LogP contribution in [0.25, 0.3) is 0 Å². The van der Waals surface area contributed by atoms with Gasteiger partial charge >= 0.3 is 0 Å². The first kappa shape index (κ1) is 10.5. The largest absolute Gasteiger partial charge is 0.342 e. The summed E-state index contributed by atoms with van der Waals surface area (Å²) >= 11 is 0. The lowest BCUT2D eigenvalue weighted by molar-refractivity contribution is -0.127. The van der Waals surface area contributed by atoms with Crippen LogP contribution in [-0.4, -0.2) is 18.0 Å². The zero-order chi connectivity index (χ0) is 11.0. The van der Waals surface area contributed by atoms with Crippen molar-refractivity contribution in [1.82, 2.24) is 5.32 Å². The van der Waals surface area contributed by atoms with Crippen LogP contribution in [0.4, 0.5) is 0 Å². The van der Waals surface area contributed by atoms with Gasteiger partial charge in [0.15, 0.2) is 0 Å². The van der Waals surface area contributed by atoms with Crippen LogP contribution in [0.2, 0.25) is 0 Å². The van der Waals surface area contributed by atoms with E-state index in [1.54, 1.807) is 0 Å². The predicted octanol–water partition coefficient (Wildman–Crippen LogP) is 0.498. The Morgan fingerprint density at radius 2 is 2.20 bits per heavy atom. The fourth-order valence-electron chi connectivity index (χ4n) is 3.08. The maximum atomic E-state index is 11.9. The molecule has 0 radical (unpaired) electrons. The van der Waals surface area contributed by atoms with Crippen LogP contribution >= 0.6 is 0 Å². The number of carbonyl (C=O) groups is 1. The average molecular weight is 206 g/mol. The zero-order valence-corrected chi connectivity index (χ0v) is 9.07. The van der Waals surface area contributed by atoms with Gasteiger partial charge in [-0.1, -0.05) is 5.92 Å². The molecule has 0 aromatic carbocycles. The molecule has 5 unspecified atom stereocenters. The van der Waals surface area contributed by atoms with Crippen LogP contribution in [0.3, 0.4) is 0 Å². The average Bonchev–Trinajstić information content (AvgIpc) is 2.77. The van der Waals surface area contributed by atoms with Crippen LogP contribution in [0.5, 0.6) is 0 Å². The molecule has 3 nitrogen and oxygen atoms in total. The van der Waals surface area contributed by atoms with Crippen molar-refractivity contribution in [2.24, 2.45) is 23.5 Å². The van der Waals surface area contributed by atoms with Crippen molar-refractivity contribution in [1.29, 1.82) is 0 Å². The molecule has 1 amide bonds. The highest BCUT2D eigenvalue weighted by atomic mass is 16.2. The molecule has 3 heteroatoms. The number of amides is 1. The molecule has 2 rings (SSSR count). The fraction of sp³-hybridized carbons (Fsp3) is 0.750. The summed E-state index contributed by atoms with van der Waals surface area (Å²) in [6.07, 6.45) is 8.71. The number of nitrogens with one attached hydrogen (secondary N) is 1. The quantitative estimate of drug-likeness (QED) is 0.646. The van der Waals surface area contributed by atoms with Crippen LogP contribution in [0.15, 0.2) is 0 Å². The third-order valence-corrected chi connectivity index (χ3v) is 3.89. The smallest absolute Gasteiger partial charge is 0.225 e. The van der Waals surface area contributed by atoms with E-state index in [9.17, 15) is 4.79 Å². The number of rotatable bonds is 2. The van der Waals surface area contributed by atoms with E-state index in [0.717, 1.165) is 12.8 Å². The Morgan fingerprint density at radius 1 is 1.53 bits per heavy atom. The molecule has 0 aromatic rings. The van der Waals surface area contributed by atoms with Crippen molar-refractivity contribution in [2.75, 3.05) is 0 Å². The lowest BCUT2D eigenvalue weighted by Crippen LogP contribution is -2.47. The molecule has 2 bridgehead atoms. The molecule has 5 atom stereocenters. The first-order valence-electron chi connectivity index (χ1n) is 5.65. The van der Waals surface area contributed by atoms with Gasteiger partial charge in [0.25, 0.3) is 0 Å². The minimum atomic E-state index is -0.191. The van der Waals surface area contributed by atoms with Crippen molar-refractivity contribution in [3.8, 4) is 12.3 Å². The van der Waals surface area contributed by atoms with Gasteiger partial charge in [-0.3, -0.25) is 4.79 Å². The van der Waals surface area contributed by atoms with E-state index in [-0.39, 0.29) is 23.9 Å². The number of terminal acetylenes is 1. The zero-order valence-electron chi connectivity index (χ0n) is 9.07. The maximum absolute atomic E-state index is 11.9. The van der Waals surface area contributed by atoms with Gasteiger partial charge in [-0.05, 0) is 38.0 Å². The molecule has 15 heavy (non-hydrogen) atoms. The van der Waals surface area contributed by atoms with Gasteiger partial charge in [-0.15, -0.1) is 6.42 Å². The van der Waals surface area contributed by atoms with E-state index in [1.165, 1.54) is 6.42 Å². The molecule has 2 aliphatic rings. The van der Waals surface area contributed by atoms with E-state index in [4.69, 9.17) is 12.2 Å². The first-order chi connectivity index (χ1) is 7.13. The Morgan fingerprint density at radius 3 is 2.73 bits per heavy atom. The third kappa shape index (κ3) is 1.74. The summed E-state index contributed by atoms with van der Waals surface area (Å²) in [5, 5.41) is 2.83. The normalized spacial score (nSPS) is 39.8. The van der Waals surface area contributed by atoms with Crippen molar-refractivity contribution in [3.63, 3.8) is 0 Å². The Bertz CT molecular complexity index is 305. The second-order valence-electron chi connectivity index (χ2n) is 4.83. The Balaban J connectivity index is 2.00. The summed E-state index contributed by atoms with van der Waals surface area (Å²) in [7, 11) is 0. The molecule has 2 saturated carbocycles. The second kappa shape index (κ2) is 3.86. The van der Waals surface area contributed by atoms with E-state index >= 15 is 0 Å². The topological polar surface area (TPSA) is 55.1 Å². The van der Waals surface area contributed by atoms with Crippen molar-refractivity contribution >= 4 is 5.91 Å². The highest BCUT2D eigenvalue weighted by Crippen LogP contribution is 2.47. The summed E-state index contributed by atoms with van der Waals surface area (Å²) < 4.78 is 0. The van der Waals surface area contributed by atoms with E-state index in [2.05, 4.69) is 11.2 Å². The number of nitrogens with two attached hydrogens (primary N) is 1. The molecule has 2 aliphatic carbocycles. The Hall–Kier alpha value is -1.01. The molecular formula is C12H18N2O. The molecule has 2 fully saturated rings. The minimum Gasteiger partial charge on any atom is -0.342 e. The van der Waals surface area contributed by atoms with Crippen molar-refractivity contribution in [2.45, 2.75) is 38.3 Å². The predicted molar refractivity (Wildman–Crippen MR) is 58.7 cm³/mol. The number of fused-ring (bicyclic) bond motifs is 2. The molecule has 82 valence electrons. The van der Waals surface area contributed by atoms with Gasteiger partial charge in [0.1, 0.15) is 0 Å². The Labute approximate surface area is 90.8 Å². The first-order valence-corrected chi connectivity index (χ1v) is 5.65. The monoisotopic (exact) mass is 206 g/mol. The van der Waals surface area contributed by atoms with Crippen molar-refractivity contribution in [3.05, 3.63) is 0 Å². The highest BCUT2D eigenvalue weighted by Gasteiger charge is 2.49. The molecular weight excluding hydrogens is 188 g/mol. The van der Waals surface area contributed by atoms with Gasteiger partial charge in [-0.25, -0.2) is 0 Å². The third-order valence-electron chi connectivity index (χ3n) is 3.89. The second-order valence-corrected chi connectivity index (χ2v) is 4.83. The number of hydrogen-bond acceptors (Lipinski definition) is 2. The van der Waals surface area contributed by atoms with Crippen LogP contribution in [-0.2, 0) is 4.79 Å². The fourth-order valence-corrected chi connectivity index (χ4v) is 3.08. The van der Waals surface area contributed by atoms with Gasteiger partial charge in [0.05, 0.1) is 12.0 Å². The maximum Gasteiger partial charge on any atom is 0.225 e. The van der Waals surface area contributed by atoms with E-state index in [1.807, 2.05) is 6.92 Å². The minimum absolute atomic E-state index is 0.000417. The number of carbonyl (C=O) groups excluding carboxylic acids is 1. The van der Waals surface area contributed by atoms with E-state index in [0.29, 0.717) is 11.8 Å². The number of hydrogen-bond donors (Lipinski definition) is 2. The summed E-state index contributed by atoms with van der Waals surface area (Å²) in [6, 6.07) is -0.141. The standard InChI is InChI=1S/C12H18N2O/c1-3-7(2)14-12(15)10-8-4-5-9(6-8)11(10)13/h1,7-11H,4-6,13H2,2H3,(H,14,15). The van der Waals surface area contributed by atoms with E-state index < -0.39 is 0 Å². The summed E-state index contributed by atoms with van der Waals surface area (Å²) in [6.45, 7) is 1.82. The van der Waals surface area contributed by atoms with Gasteiger partial charge in [-0.2, -0.15) is 0 Å². The summed E-state index contributed by atoms with van der Waals surface area (Å²) in [5.74, 6) is 3.62. The molecule has 0 aromatic heterocycles. The lowest BCUT2D eigenvalue weighted by Gasteiger charge is -2.27. The molecule has 0 heterocycles. The van der Waals surface area contributed by atoms with Crippen molar-refractivity contribution < 1.29 is 4.79 Å². The Kier molecular flexibility index (Phi) is 2.70. The molecule has 0 spiro atoms. The summed E-state index contributed by atoms with van der Waals surface area (Å²) in [5.41, 5.74) is 6.07. The molecule has 0 saturated heterocycles. The SMILES string of the molecule is C#CC(C)NC(=O)C1C2CCC(C2)C1N. The van der Waals surface area contributed by atoms with Gasteiger partial charge in [0.2, 0.25) is 5.91 Å². The van der Waals surface area contributed by atoms with Gasteiger partial charge in [0, 0.05) is 6.04 Å². The van der Waals surface area contributed by atoms with Crippen LogP contribution in [0, 0.1) is 30.1 Å². The summed E-state index contributed by atoms with van der Waals surface area (Å²) in [4.78, 5) is 11.9. The van der Waals surface area contributed by atoms with Gasteiger partial charge < -0.3 is 11.1 Å². The lowest BCUT2D eigenvalue weighted by atomic mass is 9.84. The molecule has 3 N–H and O–H groups in total. The molecule has 0 aliphatic heterocycles. The van der Waals surface area contributed by atoms with Crippen LogP contribution < -0.4 is 11.1 Å². The highest BCUT2D eigenvalue weighted by molar-refractivity contribution is 5.81. The van der Waals surface area contributed by atoms with Crippen LogP contribution in [0.1, 0.15) is 26.2 Å².